The Kier molecular flexibility index (Phi) is 4.00. The van der Waals surface area contributed by atoms with Crippen molar-refractivity contribution in [2.24, 2.45) is 0 Å². The highest BCUT2D eigenvalue weighted by Gasteiger charge is 1.98. The standard InChI is InChI=1S/C16H19NO/c1-12(11-17-2)8-13-4-5-15-10-16(18-3)7-6-14(15)9-13/h4-10,17H,11H2,1-3H3. The van der Waals surface area contributed by atoms with Gasteiger partial charge in [0.25, 0.3) is 0 Å². The van der Waals surface area contributed by atoms with Gasteiger partial charge < -0.3 is 10.1 Å². The first-order valence-electron chi connectivity index (χ1n) is 6.12. The fraction of sp³-hybridized carbons (Fsp3) is 0.250. The molecule has 0 heterocycles. The Hall–Kier alpha value is -1.80. The fourth-order valence-corrected chi connectivity index (χ4v) is 2.07. The zero-order valence-electron chi connectivity index (χ0n) is 11.2. The van der Waals surface area contributed by atoms with Crippen molar-refractivity contribution in [2.75, 3.05) is 20.7 Å². The zero-order chi connectivity index (χ0) is 13.0. The van der Waals surface area contributed by atoms with Crippen LogP contribution in [0.15, 0.2) is 42.0 Å². The van der Waals surface area contributed by atoms with Crippen LogP contribution in [0, 0.1) is 0 Å². The molecule has 0 aliphatic heterocycles. The van der Waals surface area contributed by atoms with Gasteiger partial charge in [-0.1, -0.05) is 29.8 Å². The number of fused-ring (bicyclic) bond motifs is 1. The topological polar surface area (TPSA) is 21.3 Å². The van der Waals surface area contributed by atoms with Crippen LogP contribution >= 0.6 is 0 Å². The Bertz CT molecular complexity index is 572. The Morgan fingerprint density at radius 2 is 1.89 bits per heavy atom. The number of hydrogen-bond donors (Lipinski definition) is 1. The molecule has 0 aromatic heterocycles. The molecule has 0 aliphatic carbocycles. The van der Waals surface area contributed by atoms with Crippen molar-refractivity contribution in [3.05, 3.63) is 47.5 Å². The molecule has 2 aromatic carbocycles. The van der Waals surface area contributed by atoms with Crippen molar-refractivity contribution in [1.82, 2.24) is 5.32 Å². The van der Waals surface area contributed by atoms with Gasteiger partial charge >= 0.3 is 0 Å². The van der Waals surface area contributed by atoms with E-state index in [-0.39, 0.29) is 0 Å². The van der Waals surface area contributed by atoms with Gasteiger partial charge in [0.2, 0.25) is 0 Å². The van der Waals surface area contributed by atoms with E-state index in [1.54, 1.807) is 7.11 Å². The molecule has 0 unspecified atom stereocenters. The molecule has 0 atom stereocenters. The highest BCUT2D eigenvalue weighted by molar-refractivity contribution is 5.86. The van der Waals surface area contributed by atoms with E-state index >= 15 is 0 Å². The molecule has 0 saturated heterocycles. The molecular formula is C16H19NO. The average Bonchev–Trinajstić information content (AvgIpc) is 2.38. The second-order valence-corrected chi connectivity index (χ2v) is 4.49. The van der Waals surface area contributed by atoms with E-state index in [2.05, 4.69) is 48.6 Å². The van der Waals surface area contributed by atoms with Gasteiger partial charge in [0.05, 0.1) is 7.11 Å². The monoisotopic (exact) mass is 241 g/mol. The van der Waals surface area contributed by atoms with E-state index in [0.717, 1.165) is 12.3 Å². The molecule has 0 fully saturated rings. The van der Waals surface area contributed by atoms with E-state index in [4.69, 9.17) is 4.74 Å². The molecule has 0 spiro atoms. The molecule has 2 heteroatoms. The summed E-state index contributed by atoms with van der Waals surface area (Å²) in [6.45, 7) is 3.05. The molecular weight excluding hydrogens is 222 g/mol. The normalized spacial score (nSPS) is 11.8. The quantitative estimate of drug-likeness (QED) is 0.885. The summed E-state index contributed by atoms with van der Waals surface area (Å²) in [4.78, 5) is 0. The number of likely N-dealkylation sites (N-methyl/N-ethyl adjacent to an activating group) is 1. The van der Waals surface area contributed by atoms with Crippen LogP contribution in [0.25, 0.3) is 16.8 Å². The van der Waals surface area contributed by atoms with Crippen molar-refractivity contribution in [2.45, 2.75) is 6.92 Å². The number of ether oxygens (including phenoxy) is 1. The maximum Gasteiger partial charge on any atom is 0.119 e. The molecule has 2 nitrogen and oxygen atoms in total. The summed E-state index contributed by atoms with van der Waals surface area (Å²) < 4.78 is 5.23. The summed E-state index contributed by atoms with van der Waals surface area (Å²) >= 11 is 0. The highest BCUT2D eigenvalue weighted by atomic mass is 16.5. The van der Waals surface area contributed by atoms with Gasteiger partial charge in [-0.3, -0.25) is 0 Å². The summed E-state index contributed by atoms with van der Waals surface area (Å²) in [5.41, 5.74) is 2.56. The number of nitrogens with one attached hydrogen (secondary N) is 1. The lowest BCUT2D eigenvalue weighted by Crippen LogP contribution is -2.08. The van der Waals surface area contributed by atoms with Gasteiger partial charge in [0, 0.05) is 6.54 Å². The second kappa shape index (κ2) is 5.69. The van der Waals surface area contributed by atoms with Crippen LogP contribution in [0.4, 0.5) is 0 Å². The van der Waals surface area contributed by atoms with E-state index in [0.29, 0.717) is 0 Å². The van der Waals surface area contributed by atoms with Crippen LogP contribution in [0.1, 0.15) is 12.5 Å². The van der Waals surface area contributed by atoms with Gasteiger partial charge in [-0.05, 0) is 48.5 Å². The van der Waals surface area contributed by atoms with Crippen molar-refractivity contribution in [3.63, 3.8) is 0 Å². The predicted octanol–water partition coefficient (Wildman–Crippen LogP) is 3.47. The maximum atomic E-state index is 5.23. The molecule has 0 bridgehead atoms. The molecule has 2 rings (SSSR count). The molecule has 0 aliphatic rings. The Labute approximate surface area is 108 Å². The third-order valence-electron chi connectivity index (χ3n) is 2.94. The van der Waals surface area contributed by atoms with Gasteiger partial charge in [-0.2, -0.15) is 0 Å². The minimum absolute atomic E-state index is 0.900. The minimum atomic E-state index is 0.900. The summed E-state index contributed by atoms with van der Waals surface area (Å²) in [5, 5.41) is 5.60. The molecule has 2 aromatic rings. The molecule has 0 radical (unpaired) electrons. The van der Waals surface area contributed by atoms with Crippen LogP contribution in [-0.4, -0.2) is 20.7 Å². The van der Waals surface area contributed by atoms with Crippen LogP contribution in [0.3, 0.4) is 0 Å². The van der Waals surface area contributed by atoms with E-state index < -0.39 is 0 Å². The minimum Gasteiger partial charge on any atom is -0.497 e. The van der Waals surface area contributed by atoms with Crippen molar-refractivity contribution in [3.8, 4) is 5.75 Å². The summed E-state index contributed by atoms with van der Waals surface area (Å²) in [5.74, 6) is 0.900. The summed E-state index contributed by atoms with van der Waals surface area (Å²) in [7, 11) is 3.66. The lowest BCUT2D eigenvalue weighted by atomic mass is 10.0. The van der Waals surface area contributed by atoms with Crippen LogP contribution in [-0.2, 0) is 0 Å². The third kappa shape index (κ3) is 2.90. The van der Waals surface area contributed by atoms with E-state index in [1.807, 2.05) is 13.1 Å². The highest BCUT2D eigenvalue weighted by Crippen LogP contribution is 2.22. The SMILES string of the molecule is CNCC(C)=Cc1ccc2cc(OC)ccc2c1. The molecule has 0 saturated carbocycles. The van der Waals surface area contributed by atoms with Gasteiger partial charge in [-0.15, -0.1) is 0 Å². The molecule has 18 heavy (non-hydrogen) atoms. The molecule has 94 valence electrons. The van der Waals surface area contributed by atoms with Crippen LogP contribution in [0.5, 0.6) is 5.75 Å². The Morgan fingerprint density at radius 1 is 1.17 bits per heavy atom. The van der Waals surface area contributed by atoms with E-state index in [9.17, 15) is 0 Å². The number of hydrogen-bond acceptors (Lipinski definition) is 2. The molecule has 1 N–H and O–H groups in total. The largest absolute Gasteiger partial charge is 0.497 e. The van der Waals surface area contributed by atoms with Crippen LogP contribution in [0.2, 0.25) is 0 Å². The second-order valence-electron chi connectivity index (χ2n) is 4.49. The zero-order valence-corrected chi connectivity index (χ0v) is 11.2. The fourth-order valence-electron chi connectivity index (χ4n) is 2.07. The van der Waals surface area contributed by atoms with Gasteiger partial charge in [-0.25, -0.2) is 0 Å². The number of benzene rings is 2. The summed E-state index contributed by atoms with van der Waals surface area (Å²) in [6.07, 6.45) is 2.21. The predicted molar refractivity (Wildman–Crippen MR) is 78.1 cm³/mol. The van der Waals surface area contributed by atoms with Crippen molar-refractivity contribution < 1.29 is 4.74 Å². The number of rotatable bonds is 4. The van der Waals surface area contributed by atoms with Crippen LogP contribution < -0.4 is 10.1 Å². The smallest absolute Gasteiger partial charge is 0.119 e. The molecule has 0 amide bonds. The average molecular weight is 241 g/mol. The van der Waals surface area contributed by atoms with Gasteiger partial charge in [0.1, 0.15) is 5.75 Å². The Morgan fingerprint density at radius 3 is 2.61 bits per heavy atom. The first-order valence-corrected chi connectivity index (χ1v) is 6.12. The Balaban J connectivity index is 2.36. The summed E-state index contributed by atoms with van der Waals surface area (Å²) in [6, 6.07) is 12.6. The lowest BCUT2D eigenvalue weighted by Gasteiger charge is -2.04. The van der Waals surface area contributed by atoms with Crippen molar-refractivity contribution >= 4 is 16.8 Å². The van der Waals surface area contributed by atoms with Gasteiger partial charge in [0.15, 0.2) is 0 Å². The first kappa shape index (κ1) is 12.7. The third-order valence-corrected chi connectivity index (χ3v) is 2.94. The van der Waals surface area contributed by atoms with Crippen molar-refractivity contribution in [1.29, 1.82) is 0 Å². The maximum absolute atomic E-state index is 5.23. The first-order chi connectivity index (χ1) is 8.72. The lowest BCUT2D eigenvalue weighted by molar-refractivity contribution is 0.415. The number of methoxy groups -OCH3 is 1. The van der Waals surface area contributed by atoms with E-state index in [1.165, 1.54) is 21.9 Å².